The van der Waals surface area contributed by atoms with Crippen LogP contribution in [0.25, 0.3) is 17.0 Å². The van der Waals surface area contributed by atoms with E-state index in [9.17, 15) is 14.9 Å². The zero-order valence-electron chi connectivity index (χ0n) is 15.1. The number of hydrogen-bond acceptors (Lipinski definition) is 8. The standard InChI is InChI=1S/C19H12ClN5O4S/c20-15-10-13(25(27)28)6-7-14(15)17-8-9-18(29-17)16(26)11-30-19-21-22-23-24(19)12-4-2-1-3-5-12/h1-10H,11H2. The van der Waals surface area contributed by atoms with Gasteiger partial charge in [0.2, 0.25) is 10.9 Å². The minimum Gasteiger partial charge on any atom is -0.453 e. The summed E-state index contributed by atoms with van der Waals surface area (Å²) < 4.78 is 7.17. The van der Waals surface area contributed by atoms with E-state index in [0.717, 1.165) is 5.69 Å². The molecule has 0 fully saturated rings. The molecule has 0 radical (unpaired) electrons. The highest BCUT2D eigenvalue weighted by Crippen LogP contribution is 2.32. The second-order valence-corrected chi connectivity index (χ2v) is 7.36. The highest BCUT2D eigenvalue weighted by atomic mass is 35.5. The third-order valence-electron chi connectivity index (χ3n) is 4.08. The summed E-state index contributed by atoms with van der Waals surface area (Å²) in [6, 6.07) is 16.5. The maximum Gasteiger partial charge on any atom is 0.270 e. The number of thioether (sulfide) groups is 1. The van der Waals surface area contributed by atoms with Gasteiger partial charge in [-0.05, 0) is 40.8 Å². The molecule has 11 heteroatoms. The number of para-hydroxylation sites is 1. The van der Waals surface area contributed by atoms with E-state index in [1.165, 1.54) is 36.0 Å². The molecule has 0 aliphatic heterocycles. The molecule has 4 aromatic rings. The maximum atomic E-state index is 12.5. The highest BCUT2D eigenvalue weighted by Gasteiger charge is 2.18. The van der Waals surface area contributed by atoms with Crippen molar-refractivity contribution in [2.45, 2.75) is 5.16 Å². The van der Waals surface area contributed by atoms with E-state index in [1.807, 2.05) is 30.3 Å². The second-order valence-electron chi connectivity index (χ2n) is 6.01. The van der Waals surface area contributed by atoms with Crippen LogP contribution in [-0.4, -0.2) is 36.7 Å². The lowest BCUT2D eigenvalue weighted by atomic mass is 10.1. The monoisotopic (exact) mass is 441 g/mol. The largest absolute Gasteiger partial charge is 0.453 e. The van der Waals surface area contributed by atoms with E-state index in [0.29, 0.717) is 16.5 Å². The van der Waals surface area contributed by atoms with E-state index in [4.69, 9.17) is 16.0 Å². The molecule has 0 aliphatic rings. The van der Waals surface area contributed by atoms with Crippen LogP contribution in [0.15, 0.2) is 70.2 Å². The molecule has 4 rings (SSSR count). The van der Waals surface area contributed by atoms with Crippen LogP contribution in [-0.2, 0) is 0 Å². The first-order chi connectivity index (χ1) is 14.5. The van der Waals surface area contributed by atoms with Crippen molar-refractivity contribution in [1.29, 1.82) is 0 Å². The average molecular weight is 442 g/mol. The molecule has 0 atom stereocenters. The molecule has 2 heterocycles. The van der Waals surface area contributed by atoms with Gasteiger partial charge < -0.3 is 4.42 Å². The van der Waals surface area contributed by atoms with Gasteiger partial charge in [0, 0.05) is 17.7 Å². The van der Waals surface area contributed by atoms with E-state index in [2.05, 4.69) is 15.5 Å². The Labute approximate surface area is 178 Å². The first-order valence-electron chi connectivity index (χ1n) is 8.57. The van der Waals surface area contributed by atoms with Crippen molar-refractivity contribution in [1.82, 2.24) is 20.2 Å². The summed E-state index contributed by atoms with van der Waals surface area (Å²) in [7, 11) is 0. The third kappa shape index (κ3) is 4.09. The molecule has 9 nitrogen and oxygen atoms in total. The number of halogens is 1. The fraction of sp³-hybridized carbons (Fsp3) is 0.0526. The van der Waals surface area contributed by atoms with Crippen LogP contribution >= 0.6 is 23.4 Å². The van der Waals surface area contributed by atoms with Gasteiger partial charge in [0.25, 0.3) is 5.69 Å². The summed E-state index contributed by atoms with van der Waals surface area (Å²) in [5.74, 6) is 0.295. The Balaban J connectivity index is 1.47. The van der Waals surface area contributed by atoms with Crippen molar-refractivity contribution in [3.8, 4) is 17.0 Å². The zero-order valence-corrected chi connectivity index (χ0v) is 16.7. The Morgan fingerprint density at radius 3 is 2.70 bits per heavy atom. The molecule has 0 aliphatic carbocycles. The molecule has 0 amide bonds. The number of aromatic nitrogens is 4. The first kappa shape index (κ1) is 19.8. The van der Waals surface area contributed by atoms with Gasteiger partial charge in [0.15, 0.2) is 5.76 Å². The van der Waals surface area contributed by atoms with Crippen LogP contribution in [0.1, 0.15) is 10.6 Å². The van der Waals surface area contributed by atoms with Gasteiger partial charge in [-0.3, -0.25) is 14.9 Å². The minimum atomic E-state index is -0.535. The lowest BCUT2D eigenvalue weighted by Crippen LogP contribution is -2.04. The summed E-state index contributed by atoms with van der Waals surface area (Å²) in [6.45, 7) is 0. The number of nitro benzene ring substituents is 1. The predicted octanol–water partition coefficient (Wildman–Crippen LogP) is 4.46. The number of nitro groups is 1. The van der Waals surface area contributed by atoms with Gasteiger partial charge in [-0.15, -0.1) is 5.10 Å². The predicted molar refractivity (Wildman–Crippen MR) is 110 cm³/mol. The van der Waals surface area contributed by atoms with E-state index >= 15 is 0 Å². The van der Waals surface area contributed by atoms with Gasteiger partial charge in [-0.25, -0.2) is 0 Å². The molecule has 2 aromatic carbocycles. The summed E-state index contributed by atoms with van der Waals surface area (Å²) in [5, 5.41) is 23.0. The molecule has 0 saturated carbocycles. The van der Waals surface area contributed by atoms with Crippen molar-refractivity contribution < 1.29 is 14.1 Å². The third-order valence-corrected chi connectivity index (χ3v) is 5.32. The van der Waals surface area contributed by atoms with Crippen LogP contribution < -0.4 is 0 Å². The smallest absolute Gasteiger partial charge is 0.270 e. The fourth-order valence-electron chi connectivity index (χ4n) is 2.65. The van der Waals surface area contributed by atoms with E-state index in [1.54, 1.807) is 10.7 Å². The van der Waals surface area contributed by atoms with Crippen LogP contribution in [0.2, 0.25) is 5.02 Å². The van der Waals surface area contributed by atoms with Crippen molar-refractivity contribution in [3.05, 3.63) is 81.6 Å². The van der Waals surface area contributed by atoms with Crippen LogP contribution in [0, 0.1) is 10.1 Å². The quantitative estimate of drug-likeness (QED) is 0.178. The minimum absolute atomic E-state index is 0.0636. The Bertz CT molecular complexity index is 1220. The fourth-order valence-corrected chi connectivity index (χ4v) is 3.68. The van der Waals surface area contributed by atoms with Crippen molar-refractivity contribution >= 4 is 34.8 Å². The molecular weight excluding hydrogens is 430 g/mol. The number of furan rings is 1. The van der Waals surface area contributed by atoms with Gasteiger partial charge in [-0.2, -0.15) is 4.68 Å². The number of Topliss-reactive ketones (excluding diaryl/α,β-unsaturated/α-hetero) is 1. The van der Waals surface area contributed by atoms with Gasteiger partial charge in [-0.1, -0.05) is 41.6 Å². The molecule has 0 bridgehead atoms. The lowest BCUT2D eigenvalue weighted by molar-refractivity contribution is -0.384. The Morgan fingerprint density at radius 1 is 1.17 bits per heavy atom. The average Bonchev–Trinajstić information content (AvgIpc) is 3.42. The lowest BCUT2D eigenvalue weighted by Gasteiger charge is -2.03. The highest BCUT2D eigenvalue weighted by molar-refractivity contribution is 7.99. The molecule has 0 saturated heterocycles. The summed E-state index contributed by atoms with van der Waals surface area (Å²) in [6.07, 6.45) is 0. The number of non-ortho nitro benzene ring substituents is 1. The summed E-state index contributed by atoms with van der Waals surface area (Å²) in [5.41, 5.74) is 1.12. The van der Waals surface area contributed by atoms with Gasteiger partial charge in [0.1, 0.15) is 5.76 Å². The molecule has 2 aromatic heterocycles. The van der Waals surface area contributed by atoms with E-state index in [-0.39, 0.29) is 28.0 Å². The Morgan fingerprint density at radius 2 is 1.97 bits per heavy atom. The zero-order chi connectivity index (χ0) is 21.1. The van der Waals surface area contributed by atoms with Crippen LogP contribution in [0.5, 0.6) is 0 Å². The number of tetrazole rings is 1. The second kappa shape index (κ2) is 8.47. The number of nitrogens with zero attached hydrogens (tertiary/aromatic N) is 5. The van der Waals surface area contributed by atoms with Gasteiger partial charge >= 0.3 is 0 Å². The molecule has 0 unspecified atom stereocenters. The van der Waals surface area contributed by atoms with Crippen molar-refractivity contribution in [2.75, 3.05) is 5.75 Å². The van der Waals surface area contributed by atoms with Crippen LogP contribution in [0.3, 0.4) is 0 Å². The molecular formula is C19H12ClN5O4S. The number of rotatable bonds is 7. The first-order valence-corrected chi connectivity index (χ1v) is 9.93. The molecule has 0 N–H and O–H groups in total. The topological polar surface area (TPSA) is 117 Å². The number of carbonyl (C=O) groups excluding carboxylic acids is 1. The number of ketones is 1. The van der Waals surface area contributed by atoms with Crippen LogP contribution in [0.4, 0.5) is 5.69 Å². The SMILES string of the molecule is O=C(CSc1nnnn1-c1ccccc1)c1ccc(-c2ccc([N+](=O)[O-])cc2Cl)o1. The Hall–Kier alpha value is -3.50. The normalized spacial score (nSPS) is 10.8. The van der Waals surface area contributed by atoms with Gasteiger partial charge in [0.05, 0.1) is 21.4 Å². The molecule has 0 spiro atoms. The molecule has 150 valence electrons. The number of hydrogen-bond donors (Lipinski definition) is 0. The van der Waals surface area contributed by atoms with E-state index < -0.39 is 4.92 Å². The number of benzene rings is 2. The van der Waals surface area contributed by atoms with Crippen molar-refractivity contribution in [3.63, 3.8) is 0 Å². The number of carbonyl (C=O) groups is 1. The summed E-state index contributed by atoms with van der Waals surface area (Å²) >= 11 is 7.30. The molecule has 30 heavy (non-hydrogen) atoms. The van der Waals surface area contributed by atoms with Crippen molar-refractivity contribution in [2.24, 2.45) is 0 Å². The maximum absolute atomic E-state index is 12.5. The Kier molecular flexibility index (Phi) is 5.59. The summed E-state index contributed by atoms with van der Waals surface area (Å²) in [4.78, 5) is 22.9.